The molecule has 2 atom stereocenters. The van der Waals surface area contributed by atoms with Crippen molar-refractivity contribution in [1.82, 2.24) is 5.32 Å². The number of hydrogen-bond acceptors (Lipinski definition) is 4. The Morgan fingerprint density at radius 3 is 3.05 bits per heavy atom. The maximum atomic E-state index is 10.8. The molecule has 0 radical (unpaired) electrons. The van der Waals surface area contributed by atoms with Gasteiger partial charge < -0.3 is 19.9 Å². The Bertz CT molecular complexity index is 435. The highest BCUT2D eigenvalue weighted by molar-refractivity contribution is 5.73. The van der Waals surface area contributed by atoms with Gasteiger partial charge in [0.15, 0.2) is 0 Å². The van der Waals surface area contributed by atoms with Gasteiger partial charge in [-0.2, -0.15) is 0 Å². The maximum absolute atomic E-state index is 10.8. The number of ether oxygens (including phenoxy) is 2. The minimum atomic E-state index is -0.815. The zero-order chi connectivity index (χ0) is 13.7. The summed E-state index contributed by atoms with van der Waals surface area (Å²) in [5.74, 6) is 0.0148. The zero-order valence-corrected chi connectivity index (χ0v) is 11.0. The molecule has 19 heavy (non-hydrogen) atoms. The van der Waals surface area contributed by atoms with Gasteiger partial charge in [-0.25, -0.2) is 0 Å². The van der Waals surface area contributed by atoms with Crippen LogP contribution in [0.25, 0.3) is 0 Å². The molecule has 2 N–H and O–H groups in total. The van der Waals surface area contributed by atoms with E-state index in [4.69, 9.17) is 14.6 Å². The van der Waals surface area contributed by atoms with Crippen LogP contribution in [0.1, 0.15) is 18.9 Å². The van der Waals surface area contributed by atoms with Gasteiger partial charge in [-0.15, -0.1) is 0 Å². The average Bonchev–Trinajstić information content (AvgIpc) is 2.86. The van der Waals surface area contributed by atoms with Gasteiger partial charge in [0.2, 0.25) is 0 Å². The number of carboxylic acid groups (broad SMARTS) is 1. The lowest BCUT2D eigenvalue weighted by molar-refractivity contribution is -0.139. The molecule has 5 nitrogen and oxygen atoms in total. The normalized spacial score (nSPS) is 22.4. The van der Waals surface area contributed by atoms with Crippen LogP contribution in [0.2, 0.25) is 0 Å². The van der Waals surface area contributed by atoms with Crippen LogP contribution in [0.3, 0.4) is 0 Å². The summed E-state index contributed by atoms with van der Waals surface area (Å²) in [4.78, 5) is 10.8. The van der Waals surface area contributed by atoms with Gasteiger partial charge in [0, 0.05) is 13.0 Å². The molecule has 0 bridgehead atoms. The highest BCUT2D eigenvalue weighted by atomic mass is 16.5. The number of benzene rings is 1. The van der Waals surface area contributed by atoms with Crippen LogP contribution >= 0.6 is 0 Å². The highest BCUT2D eigenvalue weighted by Crippen LogP contribution is 2.17. The summed E-state index contributed by atoms with van der Waals surface area (Å²) in [7, 11) is 0. The molecule has 1 heterocycles. The Labute approximate surface area is 112 Å². The topological polar surface area (TPSA) is 67.8 Å². The van der Waals surface area contributed by atoms with Crippen LogP contribution in [-0.4, -0.2) is 36.4 Å². The fourth-order valence-corrected chi connectivity index (χ4v) is 2.12. The first-order chi connectivity index (χ1) is 9.19. The molecule has 0 aromatic heterocycles. The van der Waals surface area contributed by atoms with Crippen molar-refractivity contribution in [3.05, 3.63) is 29.8 Å². The molecule has 2 unspecified atom stereocenters. The molecule has 1 aromatic carbocycles. The van der Waals surface area contributed by atoms with Crippen LogP contribution < -0.4 is 10.1 Å². The molecule has 0 spiro atoms. The van der Waals surface area contributed by atoms with E-state index in [1.165, 1.54) is 0 Å². The van der Waals surface area contributed by atoms with Gasteiger partial charge in [-0.3, -0.25) is 4.79 Å². The zero-order valence-electron chi connectivity index (χ0n) is 11.0. The summed E-state index contributed by atoms with van der Waals surface area (Å²) in [6.07, 6.45) is 0.470. The molecular weight excluding hydrogens is 246 g/mol. The van der Waals surface area contributed by atoms with Crippen molar-refractivity contribution in [3.63, 3.8) is 0 Å². The minimum Gasteiger partial charge on any atom is -0.494 e. The molecular formula is C14H19NO4. The van der Waals surface area contributed by atoms with E-state index in [1.807, 2.05) is 31.2 Å². The Morgan fingerprint density at radius 1 is 1.53 bits per heavy atom. The van der Waals surface area contributed by atoms with E-state index < -0.39 is 12.0 Å². The van der Waals surface area contributed by atoms with E-state index in [2.05, 4.69) is 5.32 Å². The largest absolute Gasteiger partial charge is 0.494 e. The fourth-order valence-electron chi connectivity index (χ4n) is 2.12. The van der Waals surface area contributed by atoms with E-state index in [0.29, 0.717) is 26.2 Å². The molecule has 5 heteroatoms. The van der Waals surface area contributed by atoms with Gasteiger partial charge in [0.25, 0.3) is 0 Å². The summed E-state index contributed by atoms with van der Waals surface area (Å²) in [5.41, 5.74) is 1.03. The van der Waals surface area contributed by atoms with Gasteiger partial charge in [0.1, 0.15) is 11.8 Å². The van der Waals surface area contributed by atoms with Crippen LogP contribution in [0.15, 0.2) is 24.3 Å². The Hall–Kier alpha value is -1.59. The van der Waals surface area contributed by atoms with E-state index in [0.717, 1.165) is 11.3 Å². The number of hydrogen-bond donors (Lipinski definition) is 2. The van der Waals surface area contributed by atoms with Crippen molar-refractivity contribution < 1.29 is 19.4 Å². The standard InChI is InChI=1S/C14H19NO4/c1-2-18-11-5-3-4-10(6-11)9-19-12-7-13(14(16)17)15-8-12/h3-6,12-13,15H,2,7-9H2,1H3,(H,16,17). The first kappa shape index (κ1) is 13.8. The maximum Gasteiger partial charge on any atom is 0.320 e. The summed E-state index contributed by atoms with van der Waals surface area (Å²) >= 11 is 0. The van der Waals surface area contributed by atoms with Crippen molar-refractivity contribution in [2.75, 3.05) is 13.2 Å². The Kier molecular flexibility index (Phi) is 4.76. The molecule has 1 aliphatic rings. The average molecular weight is 265 g/mol. The summed E-state index contributed by atoms with van der Waals surface area (Å²) in [6, 6.07) is 7.27. The van der Waals surface area contributed by atoms with Crippen molar-refractivity contribution in [3.8, 4) is 5.75 Å². The van der Waals surface area contributed by atoms with Crippen molar-refractivity contribution in [2.24, 2.45) is 0 Å². The number of carbonyl (C=O) groups is 1. The summed E-state index contributed by atoms with van der Waals surface area (Å²) < 4.78 is 11.1. The Balaban J connectivity index is 1.82. The lowest BCUT2D eigenvalue weighted by Crippen LogP contribution is -2.29. The molecule has 0 amide bonds. The molecule has 0 aliphatic carbocycles. The second-order valence-corrected chi connectivity index (χ2v) is 4.55. The quantitative estimate of drug-likeness (QED) is 0.814. The molecule has 1 aliphatic heterocycles. The third-order valence-electron chi connectivity index (χ3n) is 3.08. The molecule has 1 fully saturated rings. The van der Waals surface area contributed by atoms with Gasteiger partial charge >= 0.3 is 5.97 Å². The monoisotopic (exact) mass is 265 g/mol. The second-order valence-electron chi connectivity index (χ2n) is 4.55. The van der Waals surface area contributed by atoms with Crippen LogP contribution in [0, 0.1) is 0 Å². The van der Waals surface area contributed by atoms with Crippen LogP contribution in [0.5, 0.6) is 5.75 Å². The number of nitrogens with one attached hydrogen (secondary N) is 1. The Morgan fingerprint density at radius 2 is 2.37 bits per heavy atom. The SMILES string of the molecule is CCOc1cccc(COC2CNC(C(=O)O)C2)c1. The van der Waals surface area contributed by atoms with Gasteiger partial charge in [-0.1, -0.05) is 12.1 Å². The van der Waals surface area contributed by atoms with Gasteiger partial charge in [0.05, 0.1) is 19.3 Å². The van der Waals surface area contributed by atoms with Crippen molar-refractivity contribution >= 4 is 5.97 Å². The highest BCUT2D eigenvalue weighted by Gasteiger charge is 2.29. The van der Waals surface area contributed by atoms with E-state index in [-0.39, 0.29) is 6.10 Å². The summed E-state index contributed by atoms with van der Waals surface area (Å²) in [5, 5.41) is 11.8. The van der Waals surface area contributed by atoms with Crippen LogP contribution in [0.4, 0.5) is 0 Å². The van der Waals surface area contributed by atoms with E-state index >= 15 is 0 Å². The first-order valence-electron chi connectivity index (χ1n) is 6.48. The number of aliphatic carboxylic acids is 1. The molecule has 1 aromatic rings. The fraction of sp³-hybridized carbons (Fsp3) is 0.500. The molecule has 104 valence electrons. The van der Waals surface area contributed by atoms with E-state index in [9.17, 15) is 4.79 Å². The number of carboxylic acids is 1. The minimum absolute atomic E-state index is 0.0446. The third kappa shape index (κ3) is 3.94. The first-order valence-corrected chi connectivity index (χ1v) is 6.48. The van der Waals surface area contributed by atoms with E-state index in [1.54, 1.807) is 0 Å². The predicted molar refractivity (Wildman–Crippen MR) is 70.2 cm³/mol. The van der Waals surface area contributed by atoms with Crippen molar-refractivity contribution in [1.29, 1.82) is 0 Å². The summed E-state index contributed by atoms with van der Waals surface area (Å²) in [6.45, 7) is 3.64. The number of rotatable bonds is 6. The predicted octanol–water partition coefficient (Wildman–Crippen LogP) is 1.42. The lowest BCUT2D eigenvalue weighted by atomic mass is 10.2. The molecule has 1 saturated heterocycles. The second kappa shape index (κ2) is 6.54. The van der Waals surface area contributed by atoms with Crippen molar-refractivity contribution in [2.45, 2.75) is 32.1 Å². The molecule has 0 saturated carbocycles. The third-order valence-corrected chi connectivity index (χ3v) is 3.08. The van der Waals surface area contributed by atoms with Gasteiger partial charge in [-0.05, 0) is 24.6 Å². The smallest absolute Gasteiger partial charge is 0.320 e. The molecule has 2 rings (SSSR count). The lowest BCUT2D eigenvalue weighted by Gasteiger charge is -2.11. The van der Waals surface area contributed by atoms with Crippen LogP contribution in [-0.2, 0) is 16.1 Å².